The standard InChI is InChI=1S/C9H18O3/c1-4-6-12-9(2,3)8-11-7-5-10/h5H,4,6-8H2,1-3H3. The zero-order valence-electron chi connectivity index (χ0n) is 8.13. The maximum Gasteiger partial charge on any atom is 0.145 e. The first-order chi connectivity index (χ1) is 5.62. The lowest BCUT2D eigenvalue weighted by Gasteiger charge is -2.24. The molecule has 0 N–H and O–H groups in total. The lowest BCUT2D eigenvalue weighted by atomic mass is 10.1. The molecule has 0 radical (unpaired) electrons. The van der Waals surface area contributed by atoms with E-state index in [-0.39, 0.29) is 12.2 Å². The molecule has 0 rings (SSSR count). The van der Waals surface area contributed by atoms with E-state index >= 15 is 0 Å². The van der Waals surface area contributed by atoms with E-state index in [1.807, 2.05) is 13.8 Å². The van der Waals surface area contributed by atoms with E-state index in [4.69, 9.17) is 9.47 Å². The second-order valence-corrected chi connectivity index (χ2v) is 3.29. The smallest absolute Gasteiger partial charge is 0.145 e. The Bertz CT molecular complexity index is 121. The van der Waals surface area contributed by atoms with Crippen LogP contribution in [0, 0.1) is 0 Å². The van der Waals surface area contributed by atoms with Crippen molar-refractivity contribution in [2.75, 3.05) is 19.8 Å². The summed E-state index contributed by atoms with van der Waals surface area (Å²) in [6.45, 7) is 7.31. The summed E-state index contributed by atoms with van der Waals surface area (Å²) in [6.07, 6.45) is 1.74. The van der Waals surface area contributed by atoms with Crippen LogP contribution in [0.3, 0.4) is 0 Å². The molecule has 0 unspecified atom stereocenters. The Balaban J connectivity index is 3.48. The van der Waals surface area contributed by atoms with E-state index in [1.54, 1.807) is 0 Å². The minimum absolute atomic E-state index is 0.152. The summed E-state index contributed by atoms with van der Waals surface area (Å²) in [4.78, 5) is 9.94. The van der Waals surface area contributed by atoms with Gasteiger partial charge < -0.3 is 14.3 Å². The van der Waals surface area contributed by atoms with E-state index in [2.05, 4.69) is 6.92 Å². The SMILES string of the molecule is CCCOC(C)(C)COCC=O. The fraction of sp³-hybridized carbons (Fsp3) is 0.889. The number of carbonyl (C=O) groups excluding carboxylic acids is 1. The predicted octanol–water partition coefficient (Wildman–Crippen LogP) is 1.41. The monoisotopic (exact) mass is 174 g/mol. The first-order valence-electron chi connectivity index (χ1n) is 4.27. The molecule has 0 bridgehead atoms. The Morgan fingerprint density at radius 1 is 1.42 bits per heavy atom. The molecule has 0 heterocycles. The maximum absolute atomic E-state index is 9.94. The van der Waals surface area contributed by atoms with E-state index in [9.17, 15) is 4.79 Å². The number of hydrogen-bond donors (Lipinski definition) is 0. The lowest BCUT2D eigenvalue weighted by Crippen LogP contribution is -2.31. The topological polar surface area (TPSA) is 35.5 Å². The first-order valence-corrected chi connectivity index (χ1v) is 4.27. The molecular weight excluding hydrogens is 156 g/mol. The highest BCUT2D eigenvalue weighted by Crippen LogP contribution is 2.09. The van der Waals surface area contributed by atoms with Gasteiger partial charge in [-0.15, -0.1) is 0 Å². The highest BCUT2D eigenvalue weighted by molar-refractivity contribution is 5.50. The average molecular weight is 174 g/mol. The molecule has 72 valence electrons. The molecule has 0 aromatic heterocycles. The molecule has 12 heavy (non-hydrogen) atoms. The van der Waals surface area contributed by atoms with Crippen molar-refractivity contribution in [2.24, 2.45) is 0 Å². The van der Waals surface area contributed by atoms with Crippen LogP contribution in [0.15, 0.2) is 0 Å². The predicted molar refractivity (Wildman–Crippen MR) is 47.2 cm³/mol. The molecule has 3 nitrogen and oxygen atoms in total. The molecule has 0 amide bonds. The van der Waals surface area contributed by atoms with Crippen molar-refractivity contribution in [3.05, 3.63) is 0 Å². The summed E-state index contributed by atoms with van der Waals surface area (Å²) in [7, 11) is 0. The van der Waals surface area contributed by atoms with Crippen LogP contribution in [0.25, 0.3) is 0 Å². The van der Waals surface area contributed by atoms with Crippen molar-refractivity contribution in [2.45, 2.75) is 32.8 Å². The van der Waals surface area contributed by atoms with Crippen molar-refractivity contribution in [3.63, 3.8) is 0 Å². The van der Waals surface area contributed by atoms with Crippen molar-refractivity contribution in [1.29, 1.82) is 0 Å². The van der Waals surface area contributed by atoms with Crippen molar-refractivity contribution < 1.29 is 14.3 Å². The molecule has 0 fully saturated rings. The number of aldehydes is 1. The number of ether oxygens (including phenoxy) is 2. The molecule has 0 aliphatic heterocycles. The third kappa shape index (κ3) is 6.31. The largest absolute Gasteiger partial charge is 0.373 e. The van der Waals surface area contributed by atoms with Gasteiger partial charge in [-0.05, 0) is 20.3 Å². The normalized spacial score (nSPS) is 11.6. The van der Waals surface area contributed by atoms with Gasteiger partial charge in [-0.25, -0.2) is 0 Å². The Morgan fingerprint density at radius 3 is 2.58 bits per heavy atom. The fourth-order valence-corrected chi connectivity index (χ4v) is 0.773. The molecule has 0 aromatic carbocycles. The summed E-state index contributed by atoms with van der Waals surface area (Å²) in [6, 6.07) is 0. The van der Waals surface area contributed by atoms with Crippen LogP contribution in [-0.2, 0) is 14.3 Å². The van der Waals surface area contributed by atoms with Gasteiger partial charge in [0.2, 0.25) is 0 Å². The third-order valence-electron chi connectivity index (χ3n) is 1.33. The molecule has 0 aromatic rings. The van der Waals surface area contributed by atoms with Gasteiger partial charge in [0.05, 0.1) is 12.2 Å². The van der Waals surface area contributed by atoms with E-state index in [1.165, 1.54) is 0 Å². The minimum Gasteiger partial charge on any atom is -0.373 e. The molecular formula is C9H18O3. The lowest BCUT2D eigenvalue weighted by molar-refractivity contribution is -0.116. The van der Waals surface area contributed by atoms with Gasteiger partial charge in [0, 0.05) is 6.61 Å². The molecule has 0 aliphatic rings. The third-order valence-corrected chi connectivity index (χ3v) is 1.33. The number of carbonyl (C=O) groups is 1. The molecule has 0 atom stereocenters. The summed E-state index contributed by atoms with van der Waals surface area (Å²) in [5.74, 6) is 0. The molecule has 0 saturated heterocycles. The van der Waals surface area contributed by atoms with Gasteiger partial charge in [-0.3, -0.25) is 0 Å². The van der Waals surface area contributed by atoms with Crippen LogP contribution < -0.4 is 0 Å². The molecule has 0 saturated carbocycles. The second kappa shape index (κ2) is 6.14. The minimum atomic E-state index is -0.279. The van der Waals surface area contributed by atoms with E-state index in [0.717, 1.165) is 19.3 Å². The first kappa shape index (κ1) is 11.6. The van der Waals surface area contributed by atoms with Gasteiger partial charge in [0.25, 0.3) is 0 Å². The molecule has 0 aliphatic carbocycles. The quantitative estimate of drug-likeness (QED) is 0.432. The summed E-state index contributed by atoms with van der Waals surface area (Å²) >= 11 is 0. The second-order valence-electron chi connectivity index (χ2n) is 3.29. The summed E-state index contributed by atoms with van der Waals surface area (Å²) in [5, 5.41) is 0. The van der Waals surface area contributed by atoms with Crippen LogP contribution in [0.5, 0.6) is 0 Å². The summed E-state index contributed by atoms with van der Waals surface area (Å²) in [5.41, 5.74) is -0.279. The zero-order valence-corrected chi connectivity index (χ0v) is 8.13. The van der Waals surface area contributed by atoms with Crippen molar-refractivity contribution in [3.8, 4) is 0 Å². The Labute approximate surface area is 74.0 Å². The highest BCUT2D eigenvalue weighted by Gasteiger charge is 2.17. The Hall–Kier alpha value is -0.410. The van der Waals surface area contributed by atoms with Crippen LogP contribution >= 0.6 is 0 Å². The maximum atomic E-state index is 9.94. The van der Waals surface area contributed by atoms with E-state index < -0.39 is 0 Å². The van der Waals surface area contributed by atoms with Gasteiger partial charge in [0.1, 0.15) is 12.9 Å². The molecule has 3 heteroatoms. The summed E-state index contributed by atoms with van der Waals surface area (Å²) < 4.78 is 10.5. The fourth-order valence-electron chi connectivity index (χ4n) is 0.773. The van der Waals surface area contributed by atoms with Crippen LogP contribution in [0.4, 0.5) is 0 Å². The zero-order chi connectivity index (χ0) is 9.45. The average Bonchev–Trinajstić information content (AvgIpc) is 2.01. The van der Waals surface area contributed by atoms with Gasteiger partial charge >= 0.3 is 0 Å². The number of rotatable bonds is 7. The Morgan fingerprint density at radius 2 is 2.08 bits per heavy atom. The van der Waals surface area contributed by atoms with Crippen molar-refractivity contribution in [1.82, 2.24) is 0 Å². The van der Waals surface area contributed by atoms with Gasteiger partial charge in [0.15, 0.2) is 0 Å². The number of hydrogen-bond acceptors (Lipinski definition) is 3. The molecule has 0 spiro atoms. The van der Waals surface area contributed by atoms with Crippen LogP contribution in [0.1, 0.15) is 27.2 Å². The van der Waals surface area contributed by atoms with Crippen LogP contribution in [-0.4, -0.2) is 31.7 Å². The highest BCUT2D eigenvalue weighted by atomic mass is 16.5. The van der Waals surface area contributed by atoms with Gasteiger partial charge in [-0.1, -0.05) is 6.92 Å². The Kier molecular flexibility index (Phi) is 5.93. The van der Waals surface area contributed by atoms with Gasteiger partial charge in [-0.2, -0.15) is 0 Å². The van der Waals surface area contributed by atoms with Crippen molar-refractivity contribution >= 4 is 6.29 Å². The van der Waals surface area contributed by atoms with Crippen LogP contribution in [0.2, 0.25) is 0 Å². The van der Waals surface area contributed by atoms with E-state index in [0.29, 0.717) is 6.61 Å².